The Balaban J connectivity index is 1.65. The summed E-state index contributed by atoms with van der Waals surface area (Å²) in [6.45, 7) is 2.69. The van der Waals surface area contributed by atoms with Crippen LogP contribution in [0.2, 0.25) is 5.02 Å². The molecule has 6 heteroatoms. The molecule has 1 N–H and O–H groups in total. The molecule has 2 aromatic rings. The van der Waals surface area contributed by atoms with Gasteiger partial charge >= 0.3 is 5.97 Å². The highest BCUT2D eigenvalue weighted by Crippen LogP contribution is 2.27. The molecule has 0 aromatic heterocycles. The predicted molar refractivity (Wildman–Crippen MR) is 105 cm³/mol. The van der Waals surface area contributed by atoms with E-state index >= 15 is 0 Å². The number of carbonyl (C=O) groups is 2. The van der Waals surface area contributed by atoms with Crippen molar-refractivity contribution in [2.75, 3.05) is 26.2 Å². The van der Waals surface area contributed by atoms with Gasteiger partial charge in [-0.15, -0.1) is 0 Å². The SMILES string of the molecule is O=C(O)CC[C@@H](c1ccccc1)N1CCN(C(=O)c2ccc(Cl)cc2)CC1. The lowest BCUT2D eigenvalue weighted by Crippen LogP contribution is -2.49. The van der Waals surface area contributed by atoms with Gasteiger partial charge in [0.25, 0.3) is 5.91 Å². The highest BCUT2D eigenvalue weighted by molar-refractivity contribution is 6.30. The molecule has 1 heterocycles. The Labute approximate surface area is 164 Å². The Bertz CT molecular complexity index is 772. The molecular weight excluding hydrogens is 364 g/mol. The van der Waals surface area contributed by atoms with Crippen molar-refractivity contribution < 1.29 is 14.7 Å². The second-order valence-electron chi connectivity index (χ2n) is 6.69. The summed E-state index contributed by atoms with van der Waals surface area (Å²) >= 11 is 5.89. The van der Waals surface area contributed by atoms with Gasteiger partial charge < -0.3 is 10.0 Å². The van der Waals surface area contributed by atoms with Crippen LogP contribution >= 0.6 is 11.6 Å². The minimum atomic E-state index is -0.785. The molecule has 0 aliphatic carbocycles. The first-order valence-electron chi connectivity index (χ1n) is 9.10. The van der Waals surface area contributed by atoms with Gasteiger partial charge in [0.05, 0.1) is 0 Å². The topological polar surface area (TPSA) is 60.9 Å². The van der Waals surface area contributed by atoms with Crippen molar-refractivity contribution in [3.8, 4) is 0 Å². The van der Waals surface area contributed by atoms with Crippen LogP contribution in [0.15, 0.2) is 54.6 Å². The smallest absolute Gasteiger partial charge is 0.303 e. The molecule has 1 aliphatic heterocycles. The van der Waals surface area contributed by atoms with E-state index in [9.17, 15) is 9.59 Å². The molecule has 1 atom stereocenters. The van der Waals surface area contributed by atoms with Crippen LogP contribution in [-0.4, -0.2) is 53.0 Å². The number of rotatable bonds is 6. The molecule has 1 fully saturated rings. The summed E-state index contributed by atoms with van der Waals surface area (Å²) in [5.41, 5.74) is 1.76. The van der Waals surface area contributed by atoms with Gasteiger partial charge in [-0.05, 0) is 36.2 Å². The average Bonchev–Trinajstić information content (AvgIpc) is 2.69. The number of benzene rings is 2. The molecule has 1 aliphatic rings. The Morgan fingerprint density at radius 2 is 1.59 bits per heavy atom. The van der Waals surface area contributed by atoms with Crippen LogP contribution in [0.1, 0.15) is 34.8 Å². The number of aliphatic carboxylic acids is 1. The van der Waals surface area contributed by atoms with Gasteiger partial charge in [0.15, 0.2) is 0 Å². The van der Waals surface area contributed by atoms with Crippen LogP contribution in [0, 0.1) is 0 Å². The van der Waals surface area contributed by atoms with Gasteiger partial charge in [-0.3, -0.25) is 14.5 Å². The van der Waals surface area contributed by atoms with E-state index in [-0.39, 0.29) is 18.4 Å². The van der Waals surface area contributed by atoms with Gasteiger partial charge in [-0.2, -0.15) is 0 Å². The van der Waals surface area contributed by atoms with E-state index in [1.165, 1.54) is 0 Å². The summed E-state index contributed by atoms with van der Waals surface area (Å²) < 4.78 is 0. The van der Waals surface area contributed by atoms with Crippen LogP contribution < -0.4 is 0 Å². The van der Waals surface area contributed by atoms with E-state index in [1.54, 1.807) is 24.3 Å². The maximum absolute atomic E-state index is 12.7. The zero-order valence-electron chi connectivity index (χ0n) is 15.1. The molecule has 0 radical (unpaired) electrons. The molecule has 2 aromatic carbocycles. The fourth-order valence-electron chi connectivity index (χ4n) is 3.51. The lowest BCUT2D eigenvalue weighted by atomic mass is 9.99. The summed E-state index contributed by atoms with van der Waals surface area (Å²) in [5.74, 6) is -0.777. The Morgan fingerprint density at radius 3 is 2.19 bits per heavy atom. The molecule has 1 saturated heterocycles. The zero-order chi connectivity index (χ0) is 19.2. The molecule has 0 spiro atoms. The van der Waals surface area contributed by atoms with Crippen LogP contribution in [0.5, 0.6) is 0 Å². The minimum Gasteiger partial charge on any atom is -0.481 e. The first-order chi connectivity index (χ1) is 13.0. The van der Waals surface area contributed by atoms with Gasteiger partial charge in [0, 0.05) is 49.2 Å². The molecule has 27 heavy (non-hydrogen) atoms. The number of carbonyl (C=O) groups excluding carboxylic acids is 1. The highest BCUT2D eigenvalue weighted by atomic mass is 35.5. The molecule has 1 amide bonds. The highest BCUT2D eigenvalue weighted by Gasteiger charge is 2.27. The largest absolute Gasteiger partial charge is 0.481 e. The minimum absolute atomic E-state index is 0.00751. The van der Waals surface area contributed by atoms with Crippen molar-refractivity contribution in [3.05, 3.63) is 70.7 Å². The van der Waals surface area contributed by atoms with Gasteiger partial charge in [-0.1, -0.05) is 41.9 Å². The quantitative estimate of drug-likeness (QED) is 0.822. The van der Waals surface area contributed by atoms with Gasteiger partial charge in [0.1, 0.15) is 0 Å². The van der Waals surface area contributed by atoms with Crippen LogP contribution in [0.4, 0.5) is 0 Å². The van der Waals surface area contributed by atoms with E-state index in [0.29, 0.717) is 30.1 Å². The Kier molecular flexibility index (Phi) is 6.48. The number of halogens is 1. The third-order valence-electron chi connectivity index (χ3n) is 4.95. The molecule has 5 nitrogen and oxygen atoms in total. The molecule has 3 rings (SSSR count). The fraction of sp³-hybridized carbons (Fsp3) is 0.333. The van der Waals surface area contributed by atoms with E-state index < -0.39 is 5.97 Å². The first-order valence-corrected chi connectivity index (χ1v) is 9.48. The van der Waals surface area contributed by atoms with Crippen molar-refractivity contribution in [3.63, 3.8) is 0 Å². The van der Waals surface area contributed by atoms with E-state index in [4.69, 9.17) is 16.7 Å². The number of piperazine rings is 1. The van der Waals surface area contributed by atoms with Crippen LogP contribution in [0.3, 0.4) is 0 Å². The summed E-state index contributed by atoms with van der Waals surface area (Å²) in [5, 5.41) is 9.70. The third-order valence-corrected chi connectivity index (χ3v) is 5.20. The number of nitrogens with zero attached hydrogens (tertiary/aromatic N) is 2. The Morgan fingerprint density at radius 1 is 0.963 bits per heavy atom. The summed E-state index contributed by atoms with van der Waals surface area (Å²) in [6.07, 6.45) is 0.688. The van der Waals surface area contributed by atoms with Crippen molar-refractivity contribution in [2.45, 2.75) is 18.9 Å². The molecular formula is C21H23ClN2O3. The first kappa shape index (κ1) is 19.4. The predicted octanol–water partition coefficient (Wildman–Crippen LogP) is 3.70. The van der Waals surface area contributed by atoms with Crippen LogP contribution in [0.25, 0.3) is 0 Å². The van der Waals surface area contributed by atoms with Crippen LogP contribution in [-0.2, 0) is 4.79 Å². The maximum atomic E-state index is 12.7. The number of hydrogen-bond donors (Lipinski definition) is 1. The van der Waals surface area contributed by atoms with Crippen molar-refractivity contribution in [2.24, 2.45) is 0 Å². The monoisotopic (exact) mass is 386 g/mol. The van der Waals surface area contributed by atoms with E-state index in [0.717, 1.165) is 18.7 Å². The zero-order valence-corrected chi connectivity index (χ0v) is 15.8. The summed E-state index contributed by atoms with van der Waals surface area (Å²) in [6, 6.07) is 17.0. The number of carboxylic acid groups (broad SMARTS) is 1. The van der Waals surface area contributed by atoms with Gasteiger partial charge in [-0.25, -0.2) is 0 Å². The lowest BCUT2D eigenvalue weighted by molar-refractivity contribution is -0.137. The lowest BCUT2D eigenvalue weighted by Gasteiger charge is -2.39. The fourth-order valence-corrected chi connectivity index (χ4v) is 3.63. The second-order valence-corrected chi connectivity index (χ2v) is 7.13. The summed E-state index contributed by atoms with van der Waals surface area (Å²) in [7, 11) is 0. The normalized spacial score (nSPS) is 16.1. The van der Waals surface area contributed by atoms with E-state index in [2.05, 4.69) is 4.90 Å². The maximum Gasteiger partial charge on any atom is 0.303 e. The third kappa shape index (κ3) is 5.08. The average molecular weight is 387 g/mol. The standard InChI is InChI=1S/C21H23ClN2O3/c22-18-8-6-17(7-9-18)21(27)24-14-12-23(13-15-24)19(10-11-20(25)26)16-4-2-1-3-5-16/h1-9,19H,10-15H2,(H,25,26)/t19-/m0/s1. The molecule has 142 valence electrons. The summed E-state index contributed by atoms with van der Waals surface area (Å²) in [4.78, 5) is 27.8. The molecule has 0 unspecified atom stereocenters. The van der Waals surface area contributed by atoms with Crippen molar-refractivity contribution >= 4 is 23.5 Å². The van der Waals surface area contributed by atoms with Gasteiger partial charge in [0.2, 0.25) is 0 Å². The number of amides is 1. The molecule has 0 saturated carbocycles. The number of carboxylic acids is 1. The number of hydrogen-bond acceptors (Lipinski definition) is 3. The Hall–Kier alpha value is -2.37. The van der Waals surface area contributed by atoms with Crippen molar-refractivity contribution in [1.82, 2.24) is 9.80 Å². The van der Waals surface area contributed by atoms with Crippen molar-refractivity contribution in [1.29, 1.82) is 0 Å². The second kappa shape index (κ2) is 9.02. The molecule has 0 bridgehead atoms. The van der Waals surface area contributed by atoms with E-state index in [1.807, 2.05) is 35.2 Å².